The Hall–Kier alpha value is -1.16. The van der Waals surface area contributed by atoms with Crippen LogP contribution in [-0.4, -0.2) is 23.5 Å². The maximum atomic E-state index is 12.1. The highest BCUT2D eigenvalue weighted by atomic mass is 35.7. The Morgan fingerprint density at radius 1 is 1.27 bits per heavy atom. The van der Waals surface area contributed by atoms with Crippen molar-refractivity contribution in [2.24, 2.45) is 5.92 Å². The third-order valence-electron chi connectivity index (χ3n) is 3.39. The summed E-state index contributed by atoms with van der Waals surface area (Å²) < 4.78 is 16.9. The predicted octanol–water partition coefficient (Wildman–Crippen LogP) is 4.55. The molecule has 1 unspecified atom stereocenters. The zero-order chi connectivity index (χ0) is 16.5. The van der Waals surface area contributed by atoms with Crippen LogP contribution in [0.4, 0.5) is 0 Å². The Morgan fingerprint density at radius 3 is 2.36 bits per heavy atom. The van der Waals surface area contributed by atoms with Crippen LogP contribution in [0, 0.1) is 5.92 Å². The highest BCUT2D eigenvalue weighted by Crippen LogP contribution is 2.35. The van der Waals surface area contributed by atoms with Crippen molar-refractivity contribution in [1.82, 2.24) is 4.83 Å². The van der Waals surface area contributed by atoms with Crippen LogP contribution >= 0.6 is 18.5 Å². The number of hydrogen-bond acceptors (Lipinski definition) is 4. The van der Waals surface area contributed by atoms with Crippen LogP contribution in [0.1, 0.15) is 33.6 Å². The number of ether oxygens (including phenoxy) is 1. The highest BCUT2D eigenvalue weighted by Gasteiger charge is 2.40. The number of nitrogens with zero attached hydrogens (tertiary/aromatic N) is 1. The lowest BCUT2D eigenvalue weighted by molar-refractivity contribution is -0.155. The first-order valence-electron chi connectivity index (χ1n) is 7.31. The second-order valence-corrected chi connectivity index (χ2v) is 6.64. The molecule has 0 aliphatic carbocycles. The predicted molar refractivity (Wildman–Crippen MR) is 86.9 cm³/mol. The Bertz CT molecular complexity index is 482. The number of hydroxylamine groups is 1. The third-order valence-corrected chi connectivity index (χ3v) is 4.57. The number of halogens is 1. The molecule has 0 aliphatic heterocycles. The quantitative estimate of drug-likeness (QED) is 0.373. The van der Waals surface area contributed by atoms with E-state index in [-0.39, 0.29) is 0 Å². The van der Waals surface area contributed by atoms with Crippen LogP contribution in [0.3, 0.4) is 0 Å². The van der Waals surface area contributed by atoms with E-state index >= 15 is 0 Å². The lowest BCUT2D eigenvalue weighted by Crippen LogP contribution is -2.37. The molecule has 0 saturated carbocycles. The van der Waals surface area contributed by atoms with Crippen molar-refractivity contribution < 1.29 is 18.9 Å². The smallest absolute Gasteiger partial charge is 0.464 e. The Labute approximate surface area is 137 Å². The summed E-state index contributed by atoms with van der Waals surface area (Å²) >= 11 is 5.65. The molecule has 0 bridgehead atoms. The fraction of sp³-hybridized carbons (Fsp3) is 0.533. The number of esters is 1. The molecule has 0 aliphatic rings. The van der Waals surface area contributed by atoms with Gasteiger partial charge in [-0.15, -0.1) is 0 Å². The summed E-state index contributed by atoms with van der Waals surface area (Å²) in [6.07, 6.45) is 1.87. The van der Waals surface area contributed by atoms with E-state index in [0.717, 1.165) is 17.7 Å². The number of para-hydroxylation sites is 1. The average molecular weight is 347 g/mol. The molecule has 1 aromatic carbocycles. The molecule has 0 saturated heterocycles. The van der Waals surface area contributed by atoms with Crippen molar-refractivity contribution in [3.05, 3.63) is 30.3 Å². The molecule has 122 valence electrons. The van der Waals surface area contributed by atoms with Gasteiger partial charge in [0.25, 0.3) is 0 Å². The van der Waals surface area contributed by atoms with Crippen LogP contribution in [0.25, 0.3) is 0 Å². The summed E-state index contributed by atoms with van der Waals surface area (Å²) in [7, 11) is -2.36. The molecule has 0 heterocycles. The SMILES string of the molecule is CCC(CC)COC(=O)[C@H](C)N(Oc1ccccc1)[P+](=O)Cl. The van der Waals surface area contributed by atoms with Crippen LogP contribution in [0.15, 0.2) is 30.3 Å². The summed E-state index contributed by atoms with van der Waals surface area (Å²) in [4.78, 5) is 18.5. The lowest BCUT2D eigenvalue weighted by atomic mass is 10.1. The van der Waals surface area contributed by atoms with Crippen molar-refractivity contribution >= 4 is 24.5 Å². The molecule has 0 N–H and O–H groups in total. The highest BCUT2D eigenvalue weighted by molar-refractivity contribution is 7.71. The number of hydrogen-bond donors (Lipinski definition) is 0. The lowest BCUT2D eigenvalue weighted by Gasteiger charge is -2.18. The standard InChI is InChI=1S/C15H22ClNO4P/c1-4-13(5-2)11-20-15(18)12(3)17(22(16)19)21-14-9-7-6-8-10-14/h6-10,12-13H,4-5,11H2,1-3H3/q+1/t12-/m0/s1. The summed E-state index contributed by atoms with van der Waals surface area (Å²) in [5.41, 5.74) is 0. The maximum Gasteiger partial charge on any atom is 0.593 e. The monoisotopic (exact) mass is 346 g/mol. The molecule has 1 rings (SSSR count). The van der Waals surface area contributed by atoms with Crippen molar-refractivity contribution in [3.8, 4) is 5.75 Å². The number of carbonyl (C=O) groups excluding carboxylic acids is 1. The van der Waals surface area contributed by atoms with E-state index in [1.54, 1.807) is 31.2 Å². The van der Waals surface area contributed by atoms with Gasteiger partial charge in [0.2, 0.25) is 11.2 Å². The van der Waals surface area contributed by atoms with E-state index in [4.69, 9.17) is 20.8 Å². The molecule has 7 heteroatoms. The minimum absolute atomic E-state index is 0.324. The zero-order valence-corrected chi connectivity index (χ0v) is 14.7. The number of carbonyl (C=O) groups is 1. The first kappa shape index (κ1) is 18.9. The zero-order valence-electron chi connectivity index (χ0n) is 13.1. The normalized spacial score (nSPS) is 13.1. The van der Waals surface area contributed by atoms with Crippen LogP contribution in [-0.2, 0) is 14.1 Å². The summed E-state index contributed by atoms with van der Waals surface area (Å²) in [6, 6.07) is 7.87. The molecule has 0 radical (unpaired) electrons. The molecule has 0 aromatic heterocycles. The first-order chi connectivity index (χ1) is 10.5. The molecule has 5 nitrogen and oxygen atoms in total. The second kappa shape index (κ2) is 9.78. The van der Waals surface area contributed by atoms with Gasteiger partial charge in [-0.25, -0.2) is 0 Å². The van der Waals surface area contributed by atoms with Gasteiger partial charge in [-0.2, -0.15) is 0 Å². The van der Waals surface area contributed by atoms with E-state index in [1.165, 1.54) is 0 Å². The molecule has 2 atom stereocenters. The van der Waals surface area contributed by atoms with Gasteiger partial charge in [0.1, 0.15) is 4.83 Å². The molecular weight excluding hydrogens is 325 g/mol. The molecule has 22 heavy (non-hydrogen) atoms. The molecular formula is C15H22ClNO4P+. The second-order valence-electron chi connectivity index (χ2n) is 4.92. The van der Waals surface area contributed by atoms with E-state index in [2.05, 4.69) is 0 Å². The van der Waals surface area contributed by atoms with Gasteiger partial charge in [-0.1, -0.05) is 44.9 Å². The Morgan fingerprint density at radius 2 is 1.86 bits per heavy atom. The van der Waals surface area contributed by atoms with Gasteiger partial charge < -0.3 is 9.57 Å². The van der Waals surface area contributed by atoms with E-state index in [9.17, 15) is 9.36 Å². The van der Waals surface area contributed by atoms with Crippen molar-refractivity contribution in [3.63, 3.8) is 0 Å². The van der Waals surface area contributed by atoms with Gasteiger partial charge in [-0.05, 0) is 29.5 Å². The summed E-state index contributed by atoms with van der Waals surface area (Å²) in [5.74, 6) is 0.266. The first-order valence-corrected chi connectivity index (χ1v) is 9.43. The van der Waals surface area contributed by atoms with E-state index < -0.39 is 19.3 Å². The molecule has 1 aromatic rings. The van der Waals surface area contributed by atoms with Crippen LogP contribution in [0.2, 0.25) is 0 Å². The fourth-order valence-electron chi connectivity index (χ4n) is 1.77. The van der Waals surface area contributed by atoms with Gasteiger partial charge >= 0.3 is 13.3 Å². The summed E-state index contributed by atoms with van der Waals surface area (Å²) in [6.45, 7) is 5.99. The number of benzene rings is 1. The average Bonchev–Trinajstić information content (AvgIpc) is 2.53. The maximum absolute atomic E-state index is 12.1. The minimum atomic E-state index is -2.36. The summed E-state index contributed by atoms with van der Waals surface area (Å²) in [5, 5.41) is 0. The van der Waals surface area contributed by atoms with Crippen molar-refractivity contribution in [2.75, 3.05) is 6.61 Å². The van der Waals surface area contributed by atoms with Gasteiger partial charge in [-0.3, -0.25) is 4.79 Å². The molecule has 0 amide bonds. The van der Waals surface area contributed by atoms with Gasteiger partial charge in [0.05, 0.1) is 6.61 Å². The Kier molecular flexibility index (Phi) is 8.39. The topological polar surface area (TPSA) is 55.8 Å². The third kappa shape index (κ3) is 5.91. The Balaban J connectivity index is 2.66. The van der Waals surface area contributed by atoms with Crippen LogP contribution in [0.5, 0.6) is 5.75 Å². The minimum Gasteiger partial charge on any atom is -0.464 e. The molecule has 0 fully saturated rings. The fourth-order valence-corrected chi connectivity index (χ4v) is 2.78. The van der Waals surface area contributed by atoms with Crippen molar-refractivity contribution in [1.29, 1.82) is 0 Å². The van der Waals surface area contributed by atoms with Crippen molar-refractivity contribution in [2.45, 2.75) is 39.7 Å². The van der Waals surface area contributed by atoms with Crippen LogP contribution < -0.4 is 4.84 Å². The van der Waals surface area contributed by atoms with E-state index in [0.29, 0.717) is 18.3 Å². The van der Waals surface area contributed by atoms with Gasteiger partial charge in [0.15, 0.2) is 11.8 Å². The molecule has 0 spiro atoms. The number of rotatable bonds is 9. The van der Waals surface area contributed by atoms with E-state index in [1.807, 2.05) is 19.9 Å². The van der Waals surface area contributed by atoms with Gasteiger partial charge in [0, 0.05) is 0 Å². The largest absolute Gasteiger partial charge is 0.593 e.